The van der Waals surface area contributed by atoms with Crippen LogP contribution in [0.4, 0.5) is 0 Å². The van der Waals surface area contributed by atoms with Gasteiger partial charge in [0.2, 0.25) is 0 Å². The highest BCUT2D eigenvalue weighted by atomic mass is 15.3. The number of aromatic nitrogens is 3. The summed E-state index contributed by atoms with van der Waals surface area (Å²) in [5.41, 5.74) is 2.32. The number of hydrogen-bond donors (Lipinski definition) is 1. The molecule has 0 saturated heterocycles. The van der Waals surface area contributed by atoms with Crippen molar-refractivity contribution in [2.24, 2.45) is 0 Å². The predicted octanol–water partition coefficient (Wildman–Crippen LogP) is 1.60. The molecule has 1 aromatic carbocycles. The van der Waals surface area contributed by atoms with Crippen molar-refractivity contribution in [3.63, 3.8) is 0 Å². The summed E-state index contributed by atoms with van der Waals surface area (Å²) in [4.78, 5) is 4.29. The zero-order chi connectivity index (χ0) is 11.5. The fourth-order valence-corrected chi connectivity index (χ4v) is 1.72. The van der Waals surface area contributed by atoms with Gasteiger partial charge < -0.3 is 5.32 Å². The third-order valence-corrected chi connectivity index (χ3v) is 2.44. The molecular formula is C12H16N4. The first-order valence-corrected chi connectivity index (χ1v) is 5.35. The molecule has 84 valence electrons. The van der Waals surface area contributed by atoms with Gasteiger partial charge in [-0.2, -0.15) is 5.10 Å². The molecule has 16 heavy (non-hydrogen) atoms. The van der Waals surface area contributed by atoms with Gasteiger partial charge in [-0.3, -0.25) is 0 Å². The van der Waals surface area contributed by atoms with Crippen molar-refractivity contribution in [3.05, 3.63) is 41.5 Å². The first kappa shape index (κ1) is 10.8. The van der Waals surface area contributed by atoms with Gasteiger partial charge in [0.25, 0.3) is 0 Å². The molecule has 2 rings (SSSR count). The Morgan fingerprint density at radius 2 is 1.88 bits per heavy atom. The van der Waals surface area contributed by atoms with Crippen LogP contribution in [0.25, 0.3) is 5.69 Å². The number of benzene rings is 1. The van der Waals surface area contributed by atoms with Crippen LogP contribution in [-0.4, -0.2) is 21.8 Å². The minimum absolute atomic E-state index is 0.803. The Bertz CT molecular complexity index is 470. The van der Waals surface area contributed by atoms with Crippen LogP contribution >= 0.6 is 0 Å². The van der Waals surface area contributed by atoms with Crippen molar-refractivity contribution in [2.45, 2.75) is 20.4 Å². The van der Waals surface area contributed by atoms with E-state index in [1.165, 1.54) is 5.56 Å². The number of aryl methyl sites for hydroxylation is 2. The Hall–Kier alpha value is -1.68. The third kappa shape index (κ3) is 2.12. The van der Waals surface area contributed by atoms with Crippen molar-refractivity contribution >= 4 is 0 Å². The summed E-state index contributed by atoms with van der Waals surface area (Å²) in [6, 6.07) is 8.33. The summed E-state index contributed by atoms with van der Waals surface area (Å²) < 4.78 is 1.86. The minimum atomic E-state index is 0.803. The van der Waals surface area contributed by atoms with Crippen LogP contribution < -0.4 is 5.32 Å². The number of hydrogen-bond acceptors (Lipinski definition) is 3. The SMILES string of the molecule is CNCc1ccc(-n2nc(C)nc2C)cc1. The Morgan fingerprint density at radius 1 is 1.19 bits per heavy atom. The molecular weight excluding hydrogens is 200 g/mol. The lowest BCUT2D eigenvalue weighted by Crippen LogP contribution is -2.05. The smallest absolute Gasteiger partial charge is 0.148 e. The molecule has 0 aliphatic rings. The highest BCUT2D eigenvalue weighted by Gasteiger charge is 2.04. The first-order valence-electron chi connectivity index (χ1n) is 5.35. The lowest BCUT2D eigenvalue weighted by molar-refractivity contribution is 0.809. The molecule has 0 atom stereocenters. The van der Waals surface area contributed by atoms with Crippen molar-refractivity contribution in [1.82, 2.24) is 20.1 Å². The van der Waals surface area contributed by atoms with Crippen LogP contribution in [-0.2, 0) is 6.54 Å². The number of rotatable bonds is 3. The Morgan fingerprint density at radius 3 is 2.38 bits per heavy atom. The average molecular weight is 216 g/mol. The lowest BCUT2D eigenvalue weighted by atomic mass is 10.2. The van der Waals surface area contributed by atoms with E-state index in [4.69, 9.17) is 0 Å². The first-order chi connectivity index (χ1) is 7.70. The standard InChI is InChI=1S/C12H16N4/c1-9-14-10(2)16(15-9)12-6-4-11(5-7-12)8-13-3/h4-7,13H,8H2,1-3H3. The normalized spacial score (nSPS) is 10.7. The van der Waals surface area contributed by atoms with Gasteiger partial charge in [0.1, 0.15) is 11.6 Å². The van der Waals surface area contributed by atoms with Crippen molar-refractivity contribution in [2.75, 3.05) is 7.05 Å². The van der Waals surface area contributed by atoms with Crippen LogP contribution in [0.1, 0.15) is 17.2 Å². The Labute approximate surface area is 95.3 Å². The van der Waals surface area contributed by atoms with E-state index in [-0.39, 0.29) is 0 Å². The van der Waals surface area contributed by atoms with Crippen molar-refractivity contribution in [3.8, 4) is 5.69 Å². The van der Waals surface area contributed by atoms with E-state index in [2.05, 4.69) is 39.7 Å². The van der Waals surface area contributed by atoms with Gasteiger partial charge >= 0.3 is 0 Å². The molecule has 0 aliphatic carbocycles. The molecule has 1 heterocycles. The van der Waals surface area contributed by atoms with Crippen molar-refractivity contribution in [1.29, 1.82) is 0 Å². The maximum atomic E-state index is 4.35. The third-order valence-electron chi connectivity index (χ3n) is 2.44. The highest BCUT2D eigenvalue weighted by Crippen LogP contribution is 2.10. The second-order valence-corrected chi connectivity index (χ2v) is 3.81. The molecule has 2 aromatic rings. The number of nitrogens with one attached hydrogen (secondary N) is 1. The molecule has 0 amide bonds. The van der Waals surface area contributed by atoms with E-state index in [9.17, 15) is 0 Å². The highest BCUT2D eigenvalue weighted by molar-refractivity contribution is 5.34. The molecule has 0 aliphatic heterocycles. The zero-order valence-electron chi connectivity index (χ0n) is 9.86. The van der Waals surface area contributed by atoms with E-state index in [1.54, 1.807) is 0 Å². The van der Waals surface area contributed by atoms with Crippen LogP contribution in [0, 0.1) is 13.8 Å². The Balaban J connectivity index is 2.31. The van der Waals surface area contributed by atoms with E-state index in [0.717, 1.165) is 23.9 Å². The van der Waals surface area contributed by atoms with Gasteiger partial charge in [0, 0.05) is 6.54 Å². The molecule has 4 nitrogen and oxygen atoms in total. The van der Waals surface area contributed by atoms with E-state index in [0.29, 0.717) is 0 Å². The van der Waals surface area contributed by atoms with Gasteiger partial charge in [0.05, 0.1) is 5.69 Å². The van der Waals surface area contributed by atoms with Gasteiger partial charge in [-0.25, -0.2) is 9.67 Å². The van der Waals surface area contributed by atoms with Crippen LogP contribution in [0.2, 0.25) is 0 Å². The maximum absolute atomic E-state index is 4.35. The van der Waals surface area contributed by atoms with E-state index >= 15 is 0 Å². The fraction of sp³-hybridized carbons (Fsp3) is 0.333. The van der Waals surface area contributed by atoms with Crippen LogP contribution in [0.5, 0.6) is 0 Å². The zero-order valence-corrected chi connectivity index (χ0v) is 9.86. The van der Waals surface area contributed by atoms with Gasteiger partial charge in [-0.05, 0) is 38.6 Å². The van der Waals surface area contributed by atoms with Gasteiger partial charge in [-0.1, -0.05) is 12.1 Å². The van der Waals surface area contributed by atoms with Crippen LogP contribution in [0.3, 0.4) is 0 Å². The van der Waals surface area contributed by atoms with Gasteiger partial charge in [0.15, 0.2) is 0 Å². The molecule has 0 radical (unpaired) electrons. The maximum Gasteiger partial charge on any atom is 0.148 e. The molecule has 0 bridgehead atoms. The van der Waals surface area contributed by atoms with Crippen LogP contribution in [0.15, 0.2) is 24.3 Å². The second kappa shape index (κ2) is 4.45. The molecule has 0 saturated carbocycles. The summed E-state index contributed by atoms with van der Waals surface area (Å²) in [7, 11) is 1.94. The molecule has 4 heteroatoms. The van der Waals surface area contributed by atoms with E-state index < -0.39 is 0 Å². The molecule has 0 fully saturated rings. The largest absolute Gasteiger partial charge is 0.316 e. The molecule has 1 N–H and O–H groups in total. The summed E-state index contributed by atoms with van der Waals surface area (Å²) in [5.74, 6) is 1.72. The molecule has 0 spiro atoms. The predicted molar refractivity (Wildman–Crippen MR) is 63.6 cm³/mol. The van der Waals surface area contributed by atoms with Crippen molar-refractivity contribution < 1.29 is 0 Å². The summed E-state index contributed by atoms with van der Waals surface area (Å²) >= 11 is 0. The van der Waals surface area contributed by atoms with Gasteiger partial charge in [-0.15, -0.1) is 0 Å². The summed E-state index contributed by atoms with van der Waals surface area (Å²) in [6.07, 6.45) is 0. The summed E-state index contributed by atoms with van der Waals surface area (Å²) in [5, 5.41) is 7.47. The minimum Gasteiger partial charge on any atom is -0.316 e. The number of nitrogens with zero attached hydrogens (tertiary/aromatic N) is 3. The molecule has 1 aromatic heterocycles. The monoisotopic (exact) mass is 216 g/mol. The lowest BCUT2D eigenvalue weighted by Gasteiger charge is -2.04. The topological polar surface area (TPSA) is 42.7 Å². The molecule has 0 unspecified atom stereocenters. The summed E-state index contributed by atoms with van der Waals surface area (Å²) in [6.45, 7) is 4.75. The Kier molecular flexibility index (Phi) is 3.01. The quantitative estimate of drug-likeness (QED) is 0.847. The second-order valence-electron chi connectivity index (χ2n) is 3.81. The van der Waals surface area contributed by atoms with E-state index in [1.807, 2.05) is 25.6 Å². The average Bonchev–Trinajstić information content (AvgIpc) is 2.59. The fourth-order valence-electron chi connectivity index (χ4n) is 1.72.